The van der Waals surface area contributed by atoms with Crippen LogP contribution in [0.25, 0.3) is 0 Å². The number of aryl methyl sites for hydroxylation is 1. The van der Waals surface area contributed by atoms with Crippen molar-refractivity contribution in [2.75, 3.05) is 5.32 Å². The van der Waals surface area contributed by atoms with Gasteiger partial charge in [-0.3, -0.25) is 14.6 Å². The first kappa shape index (κ1) is 20.2. The first-order valence-corrected chi connectivity index (χ1v) is 10.6. The molecule has 1 atom stereocenters. The number of H-pyrrole nitrogens is 1. The summed E-state index contributed by atoms with van der Waals surface area (Å²) in [5.41, 5.74) is 6.93. The highest BCUT2D eigenvalue weighted by molar-refractivity contribution is 6.10. The molecular formula is C25H23FN4O2. The number of carbonyl (C=O) groups is 1. The van der Waals surface area contributed by atoms with Crippen molar-refractivity contribution in [2.24, 2.45) is 4.99 Å². The van der Waals surface area contributed by atoms with Gasteiger partial charge in [-0.2, -0.15) is 0 Å². The van der Waals surface area contributed by atoms with Crippen LogP contribution in [0.3, 0.4) is 0 Å². The van der Waals surface area contributed by atoms with Crippen molar-refractivity contribution in [1.82, 2.24) is 10.3 Å². The molecule has 1 aromatic heterocycles. The van der Waals surface area contributed by atoms with Gasteiger partial charge in [-0.15, -0.1) is 0 Å². The Kier molecular flexibility index (Phi) is 4.89. The summed E-state index contributed by atoms with van der Waals surface area (Å²) in [7, 11) is 0. The Labute approximate surface area is 184 Å². The van der Waals surface area contributed by atoms with Crippen molar-refractivity contribution in [3.05, 3.63) is 92.1 Å². The van der Waals surface area contributed by atoms with Crippen LogP contribution in [0.4, 0.5) is 15.8 Å². The number of aliphatic imine (C=N–C) groups is 1. The Hall–Kier alpha value is -3.74. The van der Waals surface area contributed by atoms with Crippen LogP contribution in [-0.2, 0) is 19.4 Å². The maximum absolute atomic E-state index is 13.7. The zero-order valence-electron chi connectivity index (χ0n) is 17.9. The molecule has 1 amide bonds. The van der Waals surface area contributed by atoms with Crippen LogP contribution in [0.2, 0.25) is 0 Å². The van der Waals surface area contributed by atoms with Gasteiger partial charge in [0, 0.05) is 30.8 Å². The van der Waals surface area contributed by atoms with Crippen molar-refractivity contribution >= 4 is 23.0 Å². The van der Waals surface area contributed by atoms with Crippen LogP contribution in [0.15, 0.2) is 52.4 Å². The molecule has 0 fully saturated rings. The van der Waals surface area contributed by atoms with E-state index in [9.17, 15) is 14.0 Å². The molecule has 0 saturated heterocycles. The predicted molar refractivity (Wildman–Crippen MR) is 123 cm³/mol. The van der Waals surface area contributed by atoms with E-state index in [2.05, 4.69) is 15.6 Å². The molecule has 2 aromatic carbocycles. The summed E-state index contributed by atoms with van der Waals surface area (Å²) >= 11 is 0. The van der Waals surface area contributed by atoms with Crippen LogP contribution >= 0.6 is 0 Å². The molecule has 0 aliphatic carbocycles. The zero-order chi connectivity index (χ0) is 22.4. The number of pyridine rings is 1. The largest absolute Gasteiger partial charge is 0.382 e. The van der Waals surface area contributed by atoms with Crippen LogP contribution in [-0.4, -0.2) is 22.6 Å². The number of aromatic amines is 1. The molecular weight excluding hydrogens is 407 g/mol. The molecule has 6 nitrogen and oxygen atoms in total. The summed E-state index contributed by atoms with van der Waals surface area (Å²) in [5, 5.41) is 6.24. The van der Waals surface area contributed by atoms with Gasteiger partial charge >= 0.3 is 0 Å². The third-order valence-corrected chi connectivity index (χ3v) is 6.09. The van der Waals surface area contributed by atoms with Crippen molar-refractivity contribution in [3.8, 4) is 0 Å². The first-order valence-electron chi connectivity index (χ1n) is 10.6. The summed E-state index contributed by atoms with van der Waals surface area (Å²) in [4.78, 5) is 32.3. The number of nitrogens with zero attached hydrogens (tertiary/aromatic N) is 1. The fourth-order valence-corrected chi connectivity index (χ4v) is 4.45. The average molecular weight is 430 g/mol. The lowest BCUT2D eigenvalue weighted by atomic mass is 9.99. The summed E-state index contributed by atoms with van der Waals surface area (Å²) in [5.74, 6) is -0.328. The molecule has 3 heterocycles. The Morgan fingerprint density at radius 2 is 2.00 bits per heavy atom. The number of anilines is 1. The van der Waals surface area contributed by atoms with E-state index in [0.717, 1.165) is 27.9 Å². The average Bonchev–Trinajstić information content (AvgIpc) is 3.32. The van der Waals surface area contributed by atoms with Gasteiger partial charge in [0.1, 0.15) is 5.82 Å². The van der Waals surface area contributed by atoms with Crippen LogP contribution in [0.5, 0.6) is 0 Å². The highest BCUT2D eigenvalue weighted by Crippen LogP contribution is 2.34. The van der Waals surface area contributed by atoms with E-state index in [1.165, 1.54) is 6.07 Å². The highest BCUT2D eigenvalue weighted by atomic mass is 19.1. The molecule has 2 aliphatic heterocycles. The Morgan fingerprint density at radius 3 is 2.84 bits per heavy atom. The van der Waals surface area contributed by atoms with Gasteiger partial charge in [0.15, 0.2) is 0 Å². The van der Waals surface area contributed by atoms with Gasteiger partial charge in [-0.25, -0.2) is 4.39 Å². The van der Waals surface area contributed by atoms with E-state index in [1.54, 1.807) is 18.3 Å². The fourth-order valence-electron chi connectivity index (χ4n) is 4.45. The maximum Gasteiger partial charge on any atom is 0.259 e. The lowest BCUT2D eigenvalue weighted by Crippen LogP contribution is -2.25. The third-order valence-electron chi connectivity index (χ3n) is 6.09. The number of hydrogen-bond donors (Lipinski definition) is 3. The number of carbonyl (C=O) groups excluding carboxylic acids is 1. The van der Waals surface area contributed by atoms with Crippen molar-refractivity contribution in [1.29, 1.82) is 0 Å². The molecule has 0 radical (unpaired) electrons. The van der Waals surface area contributed by atoms with Gasteiger partial charge in [0.2, 0.25) is 0 Å². The highest BCUT2D eigenvalue weighted by Gasteiger charge is 2.26. The van der Waals surface area contributed by atoms with Gasteiger partial charge in [-0.1, -0.05) is 6.07 Å². The smallest absolute Gasteiger partial charge is 0.259 e. The number of fused-ring (bicyclic) bond motifs is 2. The van der Waals surface area contributed by atoms with Gasteiger partial charge in [-0.05, 0) is 72.9 Å². The quantitative estimate of drug-likeness (QED) is 0.576. The molecule has 0 spiro atoms. The molecule has 0 bridgehead atoms. The second kappa shape index (κ2) is 7.75. The summed E-state index contributed by atoms with van der Waals surface area (Å²) in [6.45, 7) is 4.47. The molecule has 7 heteroatoms. The molecule has 162 valence electrons. The van der Waals surface area contributed by atoms with E-state index in [0.29, 0.717) is 41.9 Å². The van der Waals surface area contributed by atoms with E-state index >= 15 is 0 Å². The molecule has 0 saturated carbocycles. The monoisotopic (exact) mass is 430 g/mol. The predicted octanol–water partition coefficient (Wildman–Crippen LogP) is 3.79. The number of halogens is 1. The van der Waals surface area contributed by atoms with Crippen LogP contribution in [0, 0.1) is 12.7 Å². The standard InChI is InChI=1S/C25H23FN4O2/c1-13-3-4-18(26)8-15(13)7-14(2)29-20-5-6-27-25(32)23(20)22-10-16-9-19-17(11-21(16)30-22)12-28-24(19)31/h3-6,8-9,11,14H,7,10,12H2,1-2H3,(H,28,31)(H2,27,29,32)/t14-/m1/s1. The molecule has 5 rings (SSSR count). The lowest BCUT2D eigenvalue weighted by Gasteiger charge is -2.19. The second-order valence-corrected chi connectivity index (χ2v) is 8.47. The fraction of sp³-hybridized carbons (Fsp3) is 0.240. The Morgan fingerprint density at radius 1 is 1.16 bits per heavy atom. The third kappa shape index (κ3) is 3.60. The van der Waals surface area contributed by atoms with E-state index in [4.69, 9.17) is 4.99 Å². The number of nitrogens with one attached hydrogen (secondary N) is 3. The number of amides is 1. The van der Waals surface area contributed by atoms with E-state index in [1.807, 2.05) is 32.0 Å². The van der Waals surface area contributed by atoms with E-state index < -0.39 is 0 Å². The molecule has 2 aliphatic rings. The van der Waals surface area contributed by atoms with Gasteiger partial charge in [0.05, 0.1) is 22.6 Å². The van der Waals surface area contributed by atoms with Crippen molar-refractivity contribution in [3.63, 3.8) is 0 Å². The Bertz CT molecular complexity index is 1340. The zero-order valence-corrected chi connectivity index (χ0v) is 17.9. The summed E-state index contributed by atoms with van der Waals surface area (Å²) in [6, 6.07) is 10.4. The Balaban J connectivity index is 1.43. The number of hydrogen-bond acceptors (Lipinski definition) is 4. The van der Waals surface area contributed by atoms with Gasteiger partial charge in [0.25, 0.3) is 11.5 Å². The first-order chi connectivity index (χ1) is 15.4. The minimum atomic E-state index is -0.256. The van der Waals surface area contributed by atoms with E-state index in [-0.39, 0.29) is 23.3 Å². The molecule has 32 heavy (non-hydrogen) atoms. The number of benzene rings is 2. The van der Waals surface area contributed by atoms with Crippen molar-refractivity contribution in [2.45, 2.75) is 39.3 Å². The SMILES string of the molecule is Cc1ccc(F)cc1C[C@@H](C)Nc1cc[nH]c(=O)c1C1=Nc2cc3c(cc2C1)C(=O)NC3. The summed E-state index contributed by atoms with van der Waals surface area (Å²) < 4.78 is 13.7. The van der Waals surface area contributed by atoms with Crippen LogP contribution in [0.1, 0.15) is 45.1 Å². The second-order valence-electron chi connectivity index (χ2n) is 8.47. The maximum atomic E-state index is 13.7. The number of aromatic nitrogens is 1. The minimum absolute atomic E-state index is 0.0343. The summed E-state index contributed by atoms with van der Waals surface area (Å²) in [6.07, 6.45) is 2.70. The van der Waals surface area contributed by atoms with Gasteiger partial charge < -0.3 is 15.6 Å². The number of rotatable bonds is 5. The molecule has 0 unspecified atom stereocenters. The normalized spacial score (nSPS) is 15.1. The minimum Gasteiger partial charge on any atom is -0.382 e. The molecule has 3 N–H and O–H groups in total. The topological polar surface area (TPSA) is 86.3 Å². The molecule has 3 aromatic rings. The lowest BCUT2D eigenvalue weighted by molar-refractivity contribution is 0.0965. The van der Waals surface area contributed by atoms with Crippen molar-refractivity contribution < 1.29 is 9.18 Å². The van der Waals surface area contributed by atoms with Crippen LogP contribution < -0.4 is 16.2 Å².